The summed E-state index contributed by atoms with van der Waals surface area (Å²) in [7, 11) is 0. The van der Waals surface area contributed by atoms with Crippen LogP contribution in [0.15, 0.2) is 43.0 Å². The van der Waals surface area contributed by atoms with Gasteiger partial charge < -0.3 is 0 Å². The maximum absolute atomic E-state index is 4.10. The molecule has 10 heavy (non-hydrogen) atoms. The van der Waals surface area contributed by atoms with Gasteiger partial charge in [0.05, 0.1) is 6.20 Å². The Balaban J connectivity index is 3.06. The summed E-state index contributed by atoms with van der Waals surface area (Å²) in [5, 5.41) is 0. The van der Waals surface area contributed by atoms with Crippen molar-refractivity contribution in [1.82, 2.24) is 0 Å². The Kier molecular flexibility index (Phi) is 1.55. The summed E-state index contributed by atoms with van der Waals surface area (Å²) in [4.78, 5) is 4.10. The van der Waals surface area contributed by atoms with Gasteiger partial charge in [0.25, 0.3) is 0 Å². The molecule has 1 rings (SSSR count). The summed E-state index contributed by atoms with van der Waals surface area (Å²) < 4.78 is 0.472. The van der Waals surface area contributed by atoms with E-state index in [9.17, 15) is 0 Å². The van der Waals surface area contributed by atoms with Crippen LogP contribution >= 0.6 is 0 Å². The van der Waals surface area contributed by atoms with Gasteiger partial charge >= 0.3 is 0 Å². The van der Waals surface area contributed by atoms with Crippen LogP contribution in [0.3, 0.4) is 0 Å². The molecule has 2 nitrogen and oxygen atoms in total. The molecular formula is C8H11N2+. The van der Waals surface area contributed by atoms with E-state index in [2.05, 4.69) is 18.2 Å². The smallest absolute Gasteiger partial charge is 0.203 e. The zero-order valence-electron chi connectivity index (χ0n) is 6.12. The fourth-order valence-electron chi connectivity index (χ4n) is 0.920. The van der Waals surface area contributed by atoms with Crippen LogP contribution < -0.4 is 0 Å². The highest BCUT2D eigenvalue weighted by Gasteiger charge is 2.25. The van der Waals surface area contributed by atoms with Crippen molar-refractivity contribution in [3.8, 4) is 0 Å². The number of quaternary nitrogens is 1. The third-order valence-corrected chi connectivity index (χ3v) is 1.74. The molecule has 0 aliphatic carbocycles. The van der Waals surface area contributed by atoms with Crippen molar-refractivity contribution in [2.24, 2.45) is 4.99 Å². The number of nitrogens with zero attached hydrogens (tertiary/aromatic N) is 2. The molecule has 0 saturated heterocycles. The molecular weight excluding hydrogens is 124 g/mol. The topological polar surface area (TPSA) is 12.4 Å². The molecule has 0 fully saturated rings. The summed E-state index contributed by atoms with van der Waals surface area (Å²) >= 11 is 0. The maximum Gasteiger partial charge on any atom is 0.213 e. The van der Waals surface area contributed by atoms with Gasteiger partial charge in [-0.1, -0.05) is 0 Å². The molecule has 1 heterocycles. The van der Waals surface area contributed by atoms with E-state index in [1.165, 1.54) is 0 Å². The molecule has 52 valence electrons. The van der Waals surface area contributed by atoms with Gasteiger partial charge in [-0.05, 0) is 13.2 Å². The number of rotatable bonds is 2. The first kappa shape index (κ1) is 6.96. The monoisotopic (exact) mass is 135 g/mol. The van der Waals surface area contributed by atoms with E-state index in [0.717, 1.165) is 5.84 Å². The normalized spacial score (nSPS) is 20.3. The third-order valence-electron chi connectivity index (χ3n) is 1.74. The summed E-state index contributed by atoms with van der Waals surface area (Å²) in [5.74, 6) is 0.977. The van der Waals surface area contributed by atoms with E-state index in [1.54, 1.807) is 18.6 Å². The Labute approximate surface area is 61.1 Å². The fourth-order valence-corrected chi connectivity index (χ4v) is 0.920. The van der Waals surface area contributed by atoms with E-state index in [4.69, 9.17) is 0 Å². The van der Waals surface area contributed by atoms with Crippen molar-refractivity contribution < 1.29 is 4.48 Å². The average molecular weight is 135 g/mol. The van der Waals surface area contributed by atoms with Crippen molar-refractivity contribution in [3.05, 3.63) is 38.0 Å². The Morgan fingerprint density at radius 2 is 2.10 bits per heavy atom. The Hall–Kier alpha value is -1.15. The molecule has 0 atom stereocenters. The van der Waals surface area contributed by atoms with Crippen molar-refractivity contribution >= 4 is 5.84 Å². The number of aliphatic imine (C=N–C) groups is 1. The summed E-state index contributed by atoms with van der Waals surface area (Å²) in [5.41, 5.74) is 0. The van der Waals surface area contributed by atoms with Crippen LogP contribution in [-0.2, 0) is 0 Å². The molecule has 0 radical (unpaired) electrons. The first-order valence-corrected chi connectivity index (χ1v) is 3.13. The van der Waals surface area contributed by atoms with Crippen LogP contribution in [0.25, 0.3) is 0 Å². The van der Waals surface area contributed by atoms with Crippen LogP contribution in [0.2, 0.25) is 0 Å². The van der Waals surface area contributed by atoms with Gasteiger partial charge in [-0.25, -0.2) is 9.48 Å². The second kappa shape index (κ2) is 2.23. The average Bonchev–Trinajstić information content (AvgIpc) is 2.32. The molecule has 0 unspecified atom stereocenters. The van der Waals surface area contributed by atoms with E-state index in [1.807, 2.05) is 13.1 Å². The fraction of sp³-hybridized carbons (Fsp3) is 0.125. The molecule has 0 bridgehead atoms. The van der Waals surface area contributed by atoms with Gasteiger partial charge in [-0.3, -0.25) is 0 Å². The van der Waals surface area contributed by atoms with E-state index < -0.39 is 0 Å². The van der Waals surface area contributed by atoms with Crippen molar-refractivity contribution in [2.45, 2.75) is 6.92 Å². The second-order valence-corrected chi connectivity index (χ2v) is 2.17. The van der Waals surface area contributed by atoms with E-state index in [-0.39, 0.29) is 0 Å². The molecule has 0 aromatic rings. The van der Waals surface area contributed by atoms with Crippen LogP contribution in [0.4, 0.5) is 0 Å². The maximum atomic E-state index is 4.10. The lowest BCUT2D eigenvalue weighted by Crippen LogP contribution is -2.32. The predicted molar refractivity (Wildman–Crippen MR) is 42.9 cm³/mol. The predicted octanol–water partition coefficient (Wildman–Crippen LogP) is 1.99. The van der Waals surface area contributed by atoms with Crippen LogP contribution in [0.5, 0.6) is 0 Å². The van der Waals surface area contributed by atoms with Crippen molar-refractivity contribution in [2.75, 3.05) is 0 Å². The minimum absolute atomic E-state index is 0.472. The molecule has 2 heteroatoms. The van der Waals surface area contributed by atoms with Gasteiger partial charge in [0.15, 0.2) is 0 Å². The van der Waals surface area contributed by atoms with Crippen molar-refractivity contribution in [1.29, 1.82) is 0 Å². The zero-order valence-corrected chi connectivity index (χ0v) is 6.12. The largest absolute Gasteiger partial charge is 0.213 e. The SMILES string of the molecule is C=C[N+]1(C=C)C=CN=C1C. The molecule has 0 spiro atoms. The first-order chi connectivity index (χ1) is 4.75. The summed E-state index contributed by atoms with van der Waals surface area (Å²) in [6.07, 6.45) is 7.26. The lowest BCUT2D eigenvalue weighted by Gasteiger charge is -2.19. The Morgan fingerprint density at radius 1 is 1.50 bits per heavy atom. The van der Waals surface area contributed by atoms with Gasteiger partial charge in [-0.2, -0.15) is 0 Å². The molecule has 1 aliphatic rings. The summed E-state index contributed by atoms with van der Waals surface area (Å²) in [6.45, 7) is 9.36. The lowest BCUT2D eigenvalue weighted by atomic mass is 10.4. The minimum Gasteiger partial charge on any atom is -0.203 e. The molecule has 0 amide bonds. The Bertz CT molecular complexity index is 215. The zero-order chi connectivity index (χ0) is 7.61. The molecule has 1 aliphatic heterocycles. The molecule has 0 N–H and O–H groups in total. The quantitative estimate of drug-likeness (QED) is 0.513. The van der Waals surface area contributed by atoms with Crippen LogP contribution in [0.1, 0.15) is 6.92 Å². The Morgan fingerprint density at radius 3 is 2.30 bits per heavy atom. The van der Waals surface area contributed by atoms with Gasteiger partial charge in [0.2, 0.25) is 5.84 Å². The number of hydrogen-bond donors (Lipinski definition) is 0. The van der Waals surface area contributed by atoms with E-state index in [0.29, 0.717) is 4.48 Å². The first-order valence-electron chi connectivity index (χ1n) is 3.13. The number of hydrogen-bond acceptors (Lipinski definition) is 1. The third kappa shape index (κ3) is 0.736. The number of amidine groups is 1. The highest BCUT2D eigenvalue weighted by atomic mass is 15.4. The lowest BCUT2D eigenvalue weighted by molar-refractivity contribution is -0.667. The molecule has 0 aromatic carbocycles. The van der Waals surface area contributed by atoms with Crippen LogP contribution in [0, 0.1) is 0 Å². The standard InChI is InChI=1S/C8H11N2/c1-4-10(5-2)7-6-9-8(10)3/h4-7H,1-2H2,3H3/q+1. The van der Waals surface area contributed by atoms with Gasteiger partial charge in [0, 0.05) is 6.92 Å². The molecule has 0 saturated carbocycles. The van der Waals surface area contributed by atoms with Gasteiger partial charge in [0.1, 0.15) is 18.6 Å². The van der Waals surface area contributed by atoms with E-state index >= 15 is 0 Å². The second-order valence-electron chi connectivity index (χ2n) is 2.17. The molecule has 0 aromatic heterocycles. The van der Waals surface area contributed by atoms with Gasteiger partial charge in [-0.15, -0.1) is 0 Å². The summed E-state index contributed by atoms with van der Waals surface area (Å²) in [6, 6.07) is 0. The van der Waals surface area contributed by atoms with Crippen molar-refractivity contribution in [3.63, 3.8) is 0 Å². The van der Waals surface area contributed by atoms with Crippen LogP contribution in [-0.4, -0.2) is 10.3 Å². The highest BCUT2D eigenvalue weighted by molar-refractivity contribution is 5.76. The highest BCUT2D eigenvalue weighted by Crippen LogP contribution is 2.17. The minimum atomic E-state index is 0.472.